The third-order valence-corrected chi connectivity index (χ3v) is 4.62. The minimum absolute atomic E-state index is 0.104. The summed E-state index contributed by atoms with van der Waals surface area (Å²) >= 11 is 2.21. The lowest BCUT2D eigenvalue weighted by Crippen LogP contribution is -2.16. The van der Waals surface area contributed by atoms with Gasteiger partial charge in [0.05, 0.1) is 5.75 Å². The Balaban J connectivity index is 1.87. The van der Waals surface area contributed by atoms with Crippen molar-refractivity contribution in [3.05, 3.63) is 54.1 Å². The molecule has 138 valence electrons. The summed E-state index contributed by atoms with van der Waals surface area (Å²) in [5.74, 6) is -0.318. The molecule has 2 rings (SSSR count). The highest BCUT2D eigenvalue weighted by atomic mass is 32.2. The highest BCUT2D eigenvalue weighted by Crippen LogP contribution is 2.26. The number of benzene rings is 2. The third kappa shape index (κ3) is 7.01. The van der Waals surface area contributed by atoms with Crippen LogP contribution in [0.2, 0.25) is 0 Å². The second kappa shape index (κ2) is 9.00. The normalized spacial score (nSPS) is 11.1. The Morgan fingerprint density at radius 3 is 2.19 bits per heavy atom. The average Bonchev–Trinajstić information content (AvgIpc) is 2.58. The van der Waals surface area contributed by atoms with Gasteiger partial charge < -0.3 is 9.46 Å². The molecule has 0 saturated heterocycles. The SMILES string of the molecule is CC(=O)SCC(=O)c1ccc(SNc2ccc(OC(F)(F)F)cc2)cc1. The molecular weight excluding hydrogens is 387 g/mol. The Hall–Kier alpha value is -2.13. The predicted molar refractivity (Wildman–Crippen MR) is 96.5 cm³/mol. The van der Waals surface area contributed by atoms with Gasteiger partial charge in [-0.3, -0.25) is 9.59 Å². The van der Waals surface area contributed by atoms with Crippen LogP contribution in [0.25, 0.3) is 0 Å². The predicted octanol–water partition coefficient (Wildman–Crippen LogP) is 5.17. The fraction of sp³-hybridized carbons (Fsp3) is 0.176. The Morgan fingerprint density at radius 2 is 1.65 bits per heavy atom. The van der Waals surface area contributed by atoms with Crippen LogP contribution in [0.5, 0.6) is 5.75 Å². The van der Waals surface area contributed by atoms with Crippen LogP contribution in [0.1, 0.15) is 17.3 Å². The molecule has 0 atom stereocenters. The zero-order valence-corrected chi connectivity index (χ0v) is 15.1. The van der Waals surface area contributed by atoms with Crippen molar-refractivity contribution in [3.63, 3.8) is 0 Å². The number of hydrogen-bond acceptors (Lipinski definition) is 6. The summed E-state index contributed by atoms with van der Waals surface area (Å²) in [5.41, 5.74) is 1.11. The molecule has 4 nitrogen and oxygen atoms in total. The zero-order chi connectivity index (χ0) is 19.2. The number of rotatable bonds is 7. The van der Waals surface area contributed by atoms with Crippen molar-refractivity contribution in [2.24, 2.45) is 0 Å². The summed E-state index contributed by atoms with van der Waals surface area (Å²) in [6.07, 6.45) is -4.72. The molecule has 0 bridgehead atoms. The Labute approximate surface area is 156 Å². The van der Waals surface area contributed by atoms with E-state index in [4.69, 9.17) is 0 Å². The lowest BCUT2D eigenvalue weighted by atomic mass is 10.1. The van der Waals surface area contributed by atoms with Gasteiger partial charge in [0, 0.05) is 23.1 Å². The van der Waals surface area contributed by atoms with Crippen molar-refractivity contribution < 1.29 is 27.5 Å². The topological polar surface area (TPSA) is 55.4 Å². The molecule has 0 unspecified atom stereocenters. The molecule has 0 spiro atoms. The van der Waals surface area contributed by atoms with Crippen molar-refractivity contribution in [2.45, 2.75) is 18.2 Å². The van der Waals surface area contributed by atoms with E-state index in [-0.39, 0.29) is 22.4 Å². The van der Waals surface area contributed by atoms with Gasteiger partial charge in [0.25, 0.3) is 0 Å². The van der Waals surface area contributed by atoms with Crippen LogP contribution < -0.4 is 9.46 Å². The van der Waals surface area contributed by atoms with Crippen LogP contribution >= 0.6 is 23.7 Å². The number of halogens is 3. The van der Waals surface area contributed by atoms with E-state index in [2.05, 4.69) is 9.46 Å². The van der Waals surface area contributed by atoms with E-state index in [9.17, 15) is 22.8 Å². The van der Waals surface area contributed by atoms with Gasteiger partial charge in [-0.15, -0.1) is 13.2 Å². The summed E-state index contributed by atoms with van der Waals surface area (Å²) in [5, 5.41) is -0.110. The first-order valence-corrected chi connectivity index (χ1v) is 9.08. The zero-order valence-electron chi connectivity index (χ0n) is 13.5. The van der Waals surface area contributed by atoms with Gasteiger partial charge in [0.15, 0.2) is 10.9 Å². The molecule has 0 aromatic heterocycles. The Bertz CT molecular complexity index is 762. The fourth-order valence-electron chi connectivity index (χ4n) is 1.80. The number of ketones is 1. The molecule has 0 aliphatic carbocycles. The van der Waals surface area contributed by atoms with Gasteiger partial charge in [0.2, 0.25) is 0 Å². The van der Waals surface area contributed by atoms with Gasteiger partial charge in [-0.2, -0.15) is 0 Å². The molecule has 2 aromatic rings. The first-order chi connectivity index (χ1) is 12.2. The van der Waals surface area contributed by atoms with Crippen LogP contribution in [0.3, 0.4) is 0 Å². The van der Waals surface area contributed by atoms with Gasteiger partial charge in [0.1, 0.15) is 5.75 Å². The molecule has 0 amide bonds. The molecular formula is C17H14F3NO3S2. The second-order valence-electron chi connectivity index (χ2n) is 5.00. The van der Waals surface area contributed by atoms with E-state index in [1.165, 1.54) is 43.1 Å². The van der Waals surface area contributed by atoms with E-state index in [0.717, 1.165) is 16.7 Å². The molecule has 2 aromatic carbocycles. The standard InChI is InChI=1S/C17H14F3NO3S2/c1-11(22)25-10-16(23)12-2-8-15(9-3-12)26-21-13-4-6-14(7-5-13)24-17(18,19)20/h2-9,21H,10H2,1H3. The van der Waals surface area contributed by atoms with Crippen molar-refractivity contribution in [1.82, 2.24) is 0 Å². The van der Waals surface area contributed by atoms with Crippen LogP contribution in [-0.4, -0.2) is 23.0 Å². The van der Waals surface area contributed by atoms with Crippen LogP contribution in [0, 0.1) is 0 Å². The third-order valence-electron chi connectivity index (χ3n) is 2.96. The van der Waals surface area contributed by atoms with E-state index < -0.39 is 6.36 Å². The van der Waals surface area contributed by atoms with E-state index >= 15 is 0 Å². The highest BCUT2D eigenvalue weighted by molar-refractivity contribution is 8.14. The first kappa shape index (κ1) is 20.2. The van der Waals surface area contributed by atoms with Crippen LogP contribution in [0.15, 0.2) is 53.4 Å². The molecule has 0 aliphatic rings. The van der Waals surface area contributed by atoms with Gasteiger partial charge in [-0.1, -0.05) is 23.9 Å². The molecule has 0 aliphatic heterocycles. The number of anilines is 1. The maximum atomic E-state index is 12.1. The lowest BCUT2D eigenvalue weighted by Gasteiger charge is -2.10. The highest BCUT2D eigenvalue weighted by Gasteiger charge is 2.30. The quantitative estimate of drug-likeness (QED) is 0.510. The number of alkyl halides is 3. The summed E-state index contributed by atoms with van der Waals surface area (Å²) < 4.78 is 43.1. The molecule has 0 heterocycles. The molecule has 1 N–H and O–H groups in total. The average molecular weight is 401 g/mol. The van der Waals surface area contributed by atoms with E-state index in [1.54, 1.807) is 24.3 Å². The maximum absolute atomic E-state index is 12.1. The van der Waals surface area contributed by atoms with E-state index in [1.807, 2.05) is 0 Å². The number of hydrogen-bond donors (Lipinski definition) is 1. The van der Waals surface area contributed by atoms with E-state index in [0.29, 0.717) is 11.3 Å². The van der Waals surface area contributed by atoms with Gasteiger partial charge in [-0.05, 0) is 48.3 Å². The minimum atomic E-state index is -4.72. The number of carbonyl (C=O) groups excluding carboxylic acids is 2. The maximum Gasteiger partial charge on any atom is 0.573 e. The van der Waals surface area contributed by atoms with Crippen LogP contribution in [0.4, 0.5) is 18.9 Å². The smallest absolute Gasteiger partial charge is 0.406 e. The van der Waals surface area contributed by atoms with Gasteiger partial charge >= 0.3 is 6.36 Å². The number of carbonyl (C=O) groups is 2. The molecule has 26 heavy (non-hydrogen) atoms. The first-order valence-electron chi connectivity index (χ1n) is 7.28. The summed E-state index contributed by atoms with van der Waals surface area (Å²) in [4.78, 5) is 23.6. The van der Waals surface area contributed by atoms with Crippen LogP contribution in [-0.2, 0) is 4.79 Å². The number of nitrogens with one attached hydrogen (secondary N) is 1. The fourth-order valence-corrected chi connectivity index (χ4v) is 2.95. The Morgan fingerprint density at radius 1 is 1.04 bits per heavy atom. The van der Waals surface area contributed by atoms with Crippen molar-refractivity contribution in [3.8, 4) is 5.75 Å². The summed E-state index contributed by atoms with van der Waals surface area (Å²) in [6.45, 7) is 1.41. The number of thioether (sulfide) groups is 1. The minimum Gasteiger partial charge on any atom is -0.406 e. The van der Waals surface area contributed by atoms with Crippen molar-refractivity contribution in [1.29, 1.82) is 0 Å². The largest absolute Gasteiger partial charge is 0.573 e. The van der Waals surface area contributed by atoms with Gasteiger partial charge in [-0.25, -0.2) is 0 Å². The second-order valence-corrected chi connectivity index (χ2v) is 7.04. The summed E-state index contributed by atoms with van der Waals surface area (Å²) in [7, 11) is 0. The Kier molecular flexibility index (Phi) is 6.98. The summed E-state index contributed by atoms with van der Waals surface area (Å²) in [6, 6.07) is 12.2. The molecule has 0 radical (unpaired) electrons. The lowest BCUT2D eigenvalue weighted by molar-refractivity contribution is -0.274. The molecule has 0 fully saturated rings. The number of ether oxygens (including phenoxy) is 1. The molecule has 9 heteroatoms. The monoisotopic (exact) mass is 401 g/mol. The number of Topliss-reactive ketones (excluding diaryl/α,β-unsaturated/α-hetero) is 1. The molecule has 0 saturated carbocycles. The van der Waals surface area contributed by atoms with Crippen molar-refractivity contribution >= 4 is 40.3 Å². The van der Waals surface area contributed by atoms with Crippen molar-refractivity contribution in [2.75, 3.05) is 10.5 Å².